The molecule has 4 unspecified atom stereocenters. The summed E-state index contributed by atoms with van der Waals surface area (Å²) in [5, 5.41) is 0. The Hall–Kier alpha value is -0.160. The van der Waals surface area contributed by atoms with Gasteiger partial charge in [-0.25, -0.2) is 9.78 Å². The fraction of sp³-hybridized carbons (Fsp3) is 1.00. The Morgan fingerprint density at radius 2 is 0.875 bits per heavy atom. The Balaban J connectivity index is 4.82. The third kappa shape index (κ3) is 8.80. The average Bonchev–Trinajstić information content (AvgIpc) is 2.62. The monoisotopic (exact) mass is 344 g/mol. The number of hydrogen-bond acceptors (Lipinski definition) is 4. The van der Waals surface area contributed by atoms with E-state index < -0.39 is 0 Å². The lowest BCUT2D eigenvalue weighted by Crippen LogP contribution is -2.41. The highest BCUT2D eigenvalue weighted by Gasteiger charge is 2.25. The van der Waals surface area contributed by atoms with Gasteiger partial charge in [0.25, 0.3) is 0 Å². The van der Waals surface area contributed by atoms with Crippen LogP contribution in [0.5, 0.6) is 0 Å². The molecule has 0 bridgehead atoms. The van der Waals surface area contributed by atoms with Crippen LogP contribution in [0.2, 0.25) is 0 Å². The molecule has 0 aromatic carbocycles. The molecule has 24 heavy (non-hydrogen) atoms. The second-order valence-corrected chi connectivity index (χ2v) is 7.01. The van der Waals surface area contributed by atoms with Crippen LogP contribution in [0.15, 0.2) is 0 Å². The van der Waals surface area contributed by atoms with E-state index in [2.05, 4.69) is 65.2 Å². The predicted octanol–water partition coefficient (Wildman–Crippen LogP) is 4.45. The summed E-state index contributed by atoms with van der Waals surface area (Å²) in [6.45, 7) is 23.9. The zero-order chi connectivity index (χ0) is 18.5. The van der Waals surface area contributed by atoms with Crippen LogP contribution in [0.4, 0.5) is 0 Å². The Labute approximate surface area is 151 Å². The van der Waals surface area contributed by atoms with Crippen molar-refractivity contribution < 1.29 is 9.78 Å². The molecule has 4 atom stereocenters. The molecule has 0 saturated carbocycles. The Kier molecular flexibility index (Phi) is 14.0. The van der Waals surface area contributed by atoms with Crippen molar-refractivity contribution >= 4 is 0 Å². The summed E-state index contributed by atoms with van der Waals surface area (Å²) in [4.78, 5) is 16.9. The van der Waals surface area contributed by atoms with Gasteiger partial charge >= 0.3 is 0 Å². The molecular formula is C20H44N2O2. The molecule has 0 aliphatic heterocycles. The molecule has 0 rings (SSSR count). The molecular weight excluding hydrogens is 300 g/mol. The zero-order valence-corrected chi connectivity index (χ0v) is 17.7. The number of hydrogen-bond donors (Lipinski definition) is 0. The van der Waals surface area contributed by atoms with Gasteiger partial charge in [0.1, 0.15) is 12.2 Å². The van der Waals surface area contributed by atoms with Crippen molar-refractivity contribution in [3.8, 4) is 0 Å². The third-order valence-electron chi connectivity index (χ3n) is 5.53. The first-order chi connectivity index (χ1) is 11.5. The van der Waals surface area contributed by atoms with Crippen LogP contribution in [-0.2, 0) is 9.78 Å². The molecule has 0 fully saturated rings. The highest BCUT2D eigenvalue weighted by atomic mass is 17.2. The SMILES string of the molecule is CCC(C)C(CN(CC)CC)OOC(CN(CC)CC)C(C)CC. The summed E-state index contributed by atoms with van der Waals surface area (Å²) in [5.41, 5.74) is 0. The molecule has 4 heteroatoms. The maximum absolute atomic E-state index is 6.04. The van der Waals surface area contributed by atoms with Gasteiger partial charge < -0.3 is 9.80 Å². The second kappa shape index (κ2) is 14.1. The molecule has 0 aliphatic carbocycles. The molecule has 0 aromatic rings. The van der Waals surface area contributed by atoms with Crippen molar-refractivity contribution in [1.29, 1.82) is 0 Å². The van der Waals surface area contributed by atoms with Crippen LogP contribution < -0.4 is 0 Å². The topological polar surface area (TPSA) is 24.9 Å². The molecule has 4 nitrogen and oxygen atoms in total. The van der Waals surface area contributed by atoms with Gasteiger partial charge in [-0.3, -0.25) is 0 Å². The van der Waals surface area contributed by atoms with Crippen molar-refractivity contribution in [2.45, 2.75) is 80.4 Å². The number of nitrogens with zero attached hydrogens (tertiary/aromatic N) is 2. The molecule has 0 heterocycles. The van der Waals surface area contributed by atoms with Gasteiger partial charge in [-0.2, -0.15) is 0 Å². The van der Waals surface area contributed by atoms with Crippen LogP contribution in [0.25, 0.3) is 0 Å². The van der Waals surface area contributed by atoms with Crippen LogP contribution in [0.3, 0.4) is 0 Å². The molecule has 0 radical (unpaired) electrons. The summed E-state index contributed by atoms with van der Waals surface area (Å²) in [6, 6.07) is 0. The highest BCUT2D eigenvalue weighted by Crippen LogP contribution is 2.19. The molecule has 0 N–H and O–H groups in total. The minimum Gasteiger partial charge on any atom is -0.301 e. The maximum Gasteiger partial charge on any atom is 0.108 e. The lowest BCUT2D eigenvalue weighted by molar-refractivity contribution is -0.368. The lowest BCUT2D eigenvalue weighted by atomic mass is 10.0. The van der Waals surface area contributed by atoms with E-state index in [-0.39, 0.29) is 12.2 Å². The fourth-order valence-electron chi connectivity index (χ4n) is 2.75. The number of likely N-dealkylation sites (N-methyl/N-ethyl adjacent to an activating group) is 2. The van der Waals surface area contributed by atoms with Crippen LogP contribution in [-0.4, -0.2) is 61.3 Å². The van der Waals surface area contributed by atoms with Gasteiger partial charge in [0, 0.05) is 13.1 Å². The Morgan fingerprint density at radius 1 is 0.583 bits per heavy atom. The second-order valence-electron chi connectivity index (χ2n) is 7.01. The summed E-state index contributed by atoms with van der Waals surface area (Å²) in [5.74, 6) is 0.994. The first-order valence-electron chi connectivity index (χ1n) is 10.2. The van der Waals surface area contributed by atoms with Gasteiger partial charge in [0.15, 0.2) is 0 Å². The molecule has 0 amide bonds. The van der Waals surface area contributed by atoms with E-state index in [0.29, 0.717) is 11.8 Å². The molecule has 0 spiro atoms. The predicted molar refractivity (Wildman–Crippen MR) is 104 cm³/mol. The van der Waals surface area contributed by atoms with E-state index in [0.717, 1.165) is 52.1 Å². The summed E-state index contributed by atoms with van der Waals surface area (Å²) < 4.78 is 0. The van der Waals surface area contributed by atoms with Gasteiger partial charge in [-0.15, -0.1) is 0 Å². The summed E-state index contributed by atoms with van der Waals surface area (Å²) >= 11 is 0. The Morgan fingerprint density at radius 3 is 1.08 bits per heavy atom. The molecule has 0 aromatic heterocycles. The van der Waals surface area contributed by atoms with Gasteiger partial charge in [-0.1, -0.05) is 68.2 Å². The maximum atomic E-state index is 6.04. The summed E-state index contributed by atoms with van der Waals surface area (Å²) in [6.07, 6.45) is 2.50. The van der Waals surface area contributed by atoms with Crippen LogP contribution >= 0.6 is 0 Å². The van der Waals surface area contributed by atoms with E-state index in [1.54, 1.807) is 0 Å². The van der Waals surface area contributed by atoms with E-state index in [9.17, 15) is 0 Å². The van der Waals surface area contributed by atoms with Crippen LogP contribution in [0.1, 0.15) is 68.2 Å². The van der Waals surface area contributed by atoms with Gasteiger partial charge in [-0.05, 0) is 38.0 Å². The highest BCUT2D eigenvalue weighted by molar-refractivity contribution is 4.71. The average molecular weight is 345 g/mol. The standard InChI is InChI=1S/C20H44N2O2/c1-9-17(7)19(15-21(11-3)12-4)23-24-20(18(8)10-2)16-22(13-5)14-6/h17-20H,9-16H2,1-8H3. The van der Waals surface area contributed by atoms with E-state index in [4.69, 9.17) is 9.78 Å². The first-order valence-corrected chi connectivity index (χ1v) is 10.2. The Bertz CT molecular complexity index is 253. The smallest absolute Gasteiger partial charge is 0.108 e. The lowest BCUT2D eigenvalue weighted by Gasteiger charge is -2.32. The zero-order valence-electron chi connectivity index (χ0n) is 17.7. The van der Waals surface area contributed by atoms with Crippen molar-refractivity contribution in [3.05, 3.63) is 0 Å². The van der Waals surface area contributed by atoms with Crippen molar-refractivity contribution in [1.82, 2.24) is 9.80 Å². The van der Waals surface area contributed by atoms with E-state index >= 15 is 0 Å². The van der Waals surface area contributed by atoms with E-state index in [1.807, 2.05) is 0 Å². The minimum absolute atomic E-state index is 0.137. The van der Waals surface area contributed by atoms with Crippen molar-refractivity contribution in [3.63, 3.8) is 0 Å². The minimum atomic E-state index is 0.137. The van der Waals surface area contributed by atoms with Crippen molar-refractivity contribution in [2.24, 2.45) is 11.8 Å². The molecule has 0 saturated heterocycles. The first kappa shape index (κ1) is 23.8. The fourth-order valence-corrected chi connectivity index (χ4v) is 2.75. The normalized spacial score (nSPS) is 17.2. The summed E-state index contributed by atoms with van der Waals surface area (Å²) in [7, 11) is 0. The van der Waals surface area contributed by atoms with Gasteiger partial charge in [0.05, 0.1) is 0 Å². The quantitative estimate of drug-likeness (QED) is 0.324. The number of rotatable bonds is 15. The van der Waals surface area contributed by atoms with Crippen molar-refractivity contribution in [2.75, 3.05) is 39.3 Å². The van der Waals surface area contributed by atoms with E-state index in [1.165, 1.54) is 0 Å². The third-order valence-corrected chi connectivity index (χ3v) is 5.53. The van der Waals surface area contributed by atoms with Crippen LogP contribution in [0, 0.1) is 11.8 Å². The molecule has 146 valence electrons. The molecule has 0 aliphatic rings. The largest absolute Gasteiger partial charge is 0.301 e. The van der Waals surface area contributed by atoms with Gasteiger partial charge in [0.2, 0.25) is 0 Å².